The predicted octanol–water partition coefficient (Wildman–Crippen LogP) is 11.1. The summed E-state index contributed by atoms with van der Waals surface area (Å²) in [6.45, 7) is 0. The molecule has 2 heterocycles. The van der Waals surface area contributed by atoms with Crippen LogP contribution < -0.4 is 18.9 Å². The Hall–Kier alpha value is -7.04. The molecule has 8 aromatic rings. The summed E-state index contributed by atoms with van der Waals surface area (Å²) < 4.78 is 4.52. The van der Waals surface area contributed by atoms with E-state index in [1.54, 1.807) is 0 Å². The van der Waals surface area contributed by atoms with E-state index in [9.17, 15) is 0 Å². The maximum atomic E-state index is 2.26. The second-order valence-electron chi connectivity index (χ2n) is 15.3. The average molecular weight is 755 g/mol. The standard InChI is InChI=1S/C54H50N4/c1-55(2)49-33-35-51-45(37-49)27-31-47(57(51)5)29-21-39-17-23-43(24-18-39)54(53(41-13-9-7-10-14-41)42-15-11-8-12-16-42)44-25-19-40(20-26-44)22-30-48-32-28-46-38-50(56(3)4)34-36-52(46)58(48)6/h7-38H,1-6H3/q+2/b29-21+,30-22+. The molecule has 0 atom stereocenters. The van der Waals surface area contributed by atoms with Gasteiger partial charge in [0, 0.05) is 86.8 Å². The molecule has 284 valence electrons. The number of fused-ring (bicyclic) bond motifs is 2. The van der Waals surface area contributed by atoms with Crippen LogP contribution in [0.3, 0.4) is 0 Å². The molecule has 4 nitrogen and oxygen atoms in total. The first kappa shape index (κ1) is 37.9. The van der Waals surface area contributed by atoms with Crippen LogP contribution in [-0.4, -0.2) is 28.2 Å². The minimum absolute atomic E-state index is 1.15. The van der Waals surface area contributed by atoms with Gasteiger partial charge >= 0.3 is 0 Å². The molecule has 2 aromatic heterocycles. The van der Waals surface area contributed by atoms with E-state index in [2.05, 4.69) is 255 Å². The SMILES string of the molecule is CN(C)c1ccc2c(ccc(/C=C/c3ccc(C(=C(c4ccccc4)c4ccccc4)c4ccc(/C=C/c5ccc6cc(N(C)C)ccc6[n+]5C)cc4)cc3)[n+]2C)c1. The molecule has 0 amide bonds. The maximum Gasteiger partial charge on any atom is 0.212 e. The number of rotatable bonds is 10. The Balaban J connectivity index is 1.14. The van der Waals surface area contributed by atoms with E-state index in [4.69, 9.17) is 0 Å². The molecule has 0 radical (unpaired) electrons. The first-order valence-corrected chi connectivity index (χ1v) is 19.9. The Morgan fingerprint density at radius 3 is 1.10 bits per heavy atom. The highest BCUT2D eigenvalue weighted by molar-refractivity contribution is 6.04. The molecule has 0 saturated heterocycles. The number of aromatic nitrogens is 2. The third kappa shape index (κ3) is 7.96. The molecular weight excluding hydrogens is 705 g/mol. The summed E-state index contributed by atoms with van der Waals surface area (Å²) in [5, 5.41) is 2.45. The number of pyridine rings is 2. The summed E-state index contributed by atoms with van der Waals surface area (Å²) in [6, 6.07) is 61.5. The van der Waals surface area contributed by atoms with Crippen molar-refractivity contribution in [1.29, 1.82) is 0 Å². The zero-order valence-corrected chi connectivity index (χ0v) is 34.3. The first-order valence-electron chi connectivity index (χ1n) is 19.9. The second kappa shape index (κ2) is 16.6. The van der Waals surface area contributed by atoms with Crippen molar-refractivity contribution in [3.63, 3.8) is 0 Å². The number of nitrogens with zero attached hydrogens (tertiary/aromatic N) is 4. The molecule has 0 spiro atoms. The van der Waals surface area contributed by atoms with E-state index in [0.29, 0.717) is 0 Å². The van der Waals surface area contributed by atoms with Crippen molar-refractivity contribution in [1.82, 2.24) is 0 Å². The van der Waals surface area contributed by atoms with Gasteiger partial charge in [-0.3, -0.25) is 0 Å². The van der Waals surface area contributed by atoms with Gasteiger partial charge in [0.1, 0.15) is 14.1 Å². The Bertz CT molecular complexity index is 2620. The van der Waals surface area contributed by atoms with Gasteiger partial charge in [0.15, 0.2) is 0 Å². The van der Waals surface area contributed by atoms with Gasteiger partial charge in [-0.05, 0) is 93.1 Å². The second-order valence-corrected chi connectivity index (χ2v) is 15.3. The Morgan fingerprint density at radius 1 is 0.379 bits per heavy atom. The number of hydrogen-bond donors (Lipinski definition) is 0. The van der Waals surface area contributed by atoms with Crippen molar-refractivity contribution in [3.05, 3.63) is 215 Å². The molecule has 0 N–H and O–H groups in total. The largest absolute Gasteiger partial charge is 0.378 e. The zero-order chi connectivity index (χ0) is 40.2. The maximum absolute atomic E-state index is 2.26. The van der Waals surface area contributed by atoms with Crippen LogP contribution in [0.4, 0.5) is 11.4 Å². The topological polar surface area (TPSA) is 14.2 Å². The Morgan fingerprint density at radius 2 is 0.741 bits per heavy atom. The Labute approximate surface area is 343 Å². The summed E-state index contributed by atoms with van der Waals surface area (Å²) in [5.74, 6) is 0. The summed E-state index contributed by atoms with van der Waals surface area (Å²) in [6.07, 6.45) is 8.82. The van der Waals surface area contributed by atoms with Crippen LogP contribution in [0, 0.1) is 0 Å². The van der Waals surface area contributed by atoms with Crippen LogP contribution in [0.5, 0.6) is 0 Å². The lowest BCUT2D eigenvalue weighted by atomic mass is 9.85. The van der Waals surface area contributed by atoms with Crippen LogP contribution >= 0.6 is 0 Å². The van der Waals surface area contributed by atoms with Crippen molar-refractivity contribution in [2.75, 3.05) is 38.0 Å². The minimum atomic E-state index is 1.15. The van der Waals surface area contributed by atoms with Crippen LogP contribution in [0.1, 0.15) is 44.8 Å². The third-order valence-corrected chi connectivity index (χ3v) is 11.1. The normalized spacial score (nSPS) is 11.5. The molecule has 6 aromatic carbocycles. The van der Waals surface area contributed by atoms with Crippen LogP contribution in [-0.2, 0) is 14.1 Å². The summed E-state index contributed by atoms with van der Waals surface area (Å²) in [7, 11) is 12.6. The molecule has 0 saturated carbocycles. The molecule has 0 aliphatic carbocycles. The van der Waals surface area contributed by atoms with Gasteiger partial charge in [-0.15, -0.1) is 0 Å². The van der Waals surface area contributed by atoms with Gasteiger partial charge in [-0.25, -0.2) is 0 Å². The van der Waals surface area contributed by atoms with Crippen LogP contribution in [0.2, 0.25) is 0 Å². The van der Waals surface area contributed by atoms with Gasteiger partial charge < -0.3 is 9.80 Å². The lowest BCUT2D eigenvalue weighted by Crippen LogP contribution is -2.32. The van der Waals surface area contributed by atoms with Gasteiger partial charge in [-0.2, -0.15) is 9.13 Å². The molecular formula is C54H50N4+2. The fourth-order valence-corrected chi connectivity index (χ4v) is 7.71. The van der Waals surface area contributed by atoms with Crippen molar-refractivity contribution in [2.45, 2.75) is 0 Å². The quantitative estimate of drug-likeness (QED) is 0.102. The summed E-state index contributed by atoms with van der Waals surface area (Å²) >= 11 is 0. The number of aryl methyl sites for hydroxylation is 2. The number of benzene rings is 6. The lowest BCUT2D eigenvalue weighted by molar-refractivity contribution is -0.646. The molecule has 0 fully saturated rings. The van der Waals surface area contributed by atoms with Gasteiger partial charge in [-0.1, -0.05) is 109 Å². The fourth-order valence-electron chi connectivity index (χ4n) is 7.71. The number of hydrogen-bond acceptors (Lipinski definition) is 2. The molecule has 4 heteroatoms. The molecule has 8 rings (SSSR count). The van der Waals surface area contributed by atoms with Crippen LogP contribution in [0.25, 0.3) is 57.3 Å². The van der Waals surface area contributed by atoms with E-state index in [0.717, 1.165) is 33.6 Å². The van der Waals surface area contributed by atoms with Crippen LogP contribution in [0.15, 0.2) is 170 Å². The van der Waals surface area contributed by atoms with Gasteiger partial charge in [0.05, 0.1) is 0 Å². The highest BCUT2D eigenvalue weighted by atomic mass is 15.1. The van der Waals surface area contributed by atoms with Crippen molar-refractivity contribution < 1.29 is 9.13 Å². The van der Waals surface area contributed by atoms with Crippen molar-refractivity contribution in [3.8, 4) is 0 Å². The molecule has 0 bridgehead atoms. The van der Waals surface area contributed by atoms with E-state index < -0.39 is 0 Å². The monoisotopic (exact) mass is 754 g/mol. The molecule has 58 heavy (non-hydrogen) atoms. The lowest BCUT2D eigenvalue weighted by Gasteiger charge is -2.18. The van der Waals surface area contributed by atoms with Crippen molar-refractivity contribution in [2.24, 2.45) is 14.1 Å². The molecule has 0 aliphatic rings. The first-order chi connectivity index (χ1) is 28.2. The highest BCUT2D eigenvalue weighted by Gasteiger charge is 2.17. The van der Waals surface area contributed by atoms with E-state index in [1.807, 2.05) is 0 Å². The third-order valence-electron chi connectivity index (χ3n) is 11.1. The van der Waals surface area contributed by atoms with Gasteiger partial charge in [0.25, 0.3) is 0 Å². The van der Waals surface area contributed by atoms with Crippen molar-refractivity contribution >= 4 is 68.6 Å². The van der Waals surface area contributed by atoms with E-state index in [-0.39, 0.29) is 0 Å². The molecule has 0 unspecified atom stereocenters. The fraction of sp³-hybridized carbons (Fsp3) is 0.111. The van der Waals surface area contributed by atoms with E-state index >= 15 is 0 Å². The molecule has 0 aliphatic heterocycles. The van der Waals surface area contributed by atoms with Gasteiger partial charge in [0.2, 0.25) is 22.4 Å². The average Bonchev–Trinajstić information content (AvgIpc) is 3.26. The van der Waals surface area contributed by atoms with E-state index in [1.165, 1.54) is 55.5 Å². The minimum Gasteiger partial charge on any atom is -0.378 e. The Kier molecular flexibility index (Phi) is 10.8. The summed E-state index contributed by atoms with van der Waals surface area (Å²) in [5.41, 5.74) is 16.5. The predicted molar refractivity (Wildman–Crippen MR) is 248 cm³/mol. The smallest absolute Gasteiger partial charge is 0.212 e. The summed E-state index contributed by atoms with van der Waals surface area (Å²) in [4.78, 5) is 4.28. The highest BCUT2D eigenvalue weighted by Crippen LogP contribution is 2.37. The zero-order valence-electron chi connectivity index (χ0n) is 34.3. The number of anilines is 2.